The third kappa shape index (κ3) is 2.79. The number of carbonyl (C=O) groups excluding carboxylic acids is 1. The van der Waals surface area contributed by atoms with E-state index in [9.17, 15) is 9.90 Å². The van der Waals surface area contributed by atoms with Crippen molar-refractivity contribution in [3.05, 3.63) is 0 Å². The van der Waals surface area contributed by atoms with Gasteiger partial charge in [-0.2, -0.15) is 0 Å². The van der Waals surface area contributed by atoms with Crippen LogP contribution in [0.2, 0.25) is 0 Å². The minimum Gasteiger partial charge on any atom is -0.394 e. The van der Waals surface area contributed by atoms with Crippen LogP contribution in [0.25, 0.3) is 0 Å². The zero-order valence-corrected chi connectivity index (χ0v) is 12.1. The predicted molar refractivity (Wildman–Crippen MR) is 75.5 cm³/mol. The number of likely N-dealkylation sites (tertiary alicyclic amines) is 1. The number of carbonyl (C=O) groups is 1. The first kappa shape index (κ1) is 14.1. The maximum atomic E-state index is 12.3. The summed E-state index contributed by atoms with van der Waals surface area (Å²) in [6.07, 6.45) is 8.56. The molecule has 1 saturated carbocycles. The van der Waals surface area contributed by atoms with Gasteiger partial charge in [0.15, 0.2) is 0 Å². The first-order valence-corrected chi connectivity index (χ1v) is 8.04. The Morgan fingerprint density at radius 2 is 2.10 bits per heavy atom. The number of amides is 2. The summed E-state index contributed by atoms with van der Waals surface area (Å²) in [5.41, 5.74) is 0.0393. The van der Waals surface area contributed by atoms with E-state index in [1.165, 1.54) is 12.8 Å². The number of nitrogens with one attached hydrogen (secondary N) is 1. The fraction of sp³-hybridized carbons (Fsp3) is 0.933. The number of urea groups is 1. The van der Waals surface area contributed by atoms with Crippen LogP contribution in [0.1, 0.15) is 51.4 Å². The van der Waals surface area contributed by atoms with Gasteiger partial charge in [-0.3, -0.25) is 0 Å². The third-order valence-corrected chi connectivity index (χ3v) is 5.18. The summed E-state index contributed by atoms with van der Waals surface area (Å²) in [6.45, 7) is 1.60. The van der Waals surface area contributed by atoms with Crippen molar-refractivity contribution < 1.29 is 14.6 Å². The summed E-state index contributed by atoms with van der Waals surface area (Å²) in [4.78, 5) is 14.2. The molecule has 5 nitrogen and oxygen atoms in total. The van der Waals surface area contributed by atoms with Crippen LogP contribution in [0.15, 0.2) is 0 Å². The summed E-state index contributed by atoms with van der Waals surface area (Å²) < 4.78 is 6.00. The Morgan fingerprint density at radius 1 is 1.30 bits per heavy atom. The van der Waals surface area contributed by atoms with Crippen molar-refractivity contribution in [1.29, 1.82) is 0 Å². The lowest BCUT2D eigenvalue weighted by atomic mass is 9.89. The molecule has 2 aliphatic heterocycles. The highest BCUT2D eigenvalue weighted by atomic mass is 16.5. The van der Waals surface area contributed by atoms with Crippen LogP contribution in [0.4, 0.5) is 4.79 Å². The molecule has 3 fully saturated rings. The average Bonchev–Trinajstić information content (AvgIpc) is 3.08. The Balaban J connectivity index is 1.55. The van der Waals surface area contributed by atoms with E-state index in [0.717, 1.165) is 51.7 Å². The Hall–Kier alpha value is -0.810. The normalized spacial score (nSPS) is 32.8. The SMILES string of the molecule is O=C(N[C@@H]1CCOC2(CCCC2)C1)N1CCC[C@@H]1CO. The lowest BCUT2D eigenvalue weighted by Crippen LogP contribution is -2.52. The number of ether oxygens (including phenoxy) is 1. The smallest absolute Gasteiger partial charge is 0.317 e. The van der Waals surface area contributed by atoms with Crippen LogP contribution in [0.3, 0.4) is 0 Å². The molecule has 3 rings (SSSR count). The monoisotopic (exact) mass is 282 g/mol. The van der Waals surface area contributed by atoms with Crippen LogP contribution in [0.5, 0.6) is 0 Å². The van der Waals surface area contributed by atoms with Gasteiger partial charge in [0.05, 0.1) is 18.2 Å². The number of aliphatic hydroxyl groups excluding tert-OH is 1. The highest BCUT2D eigenvalue weighted by Crippen LogP contribution is 2.40. The predicted octanol–water partition coefficient (Wildman–Crippen LogP) is 1.64. The van der Waals surface area contributed by atoms with E-state index in [0.29, 0.717) is 0 Å². The van der Waals surface area contributed by atoms with Gasteiger partial charge in [-0.1, -0.05) is 12.8 Å². The molecular weight excluding hydrogens is 256 g/mol. The Morgan fingerprint density at radius 3 is 2.85 bits per heavy atom. The second-order valence-corrected chi connectivity index (χ2v) is 6.55. The molecule has 1 spiro atoms. The molecule has 2 amide bonds. The zero-order valence-electron chi connectivity index (χ0n) is 12.1. The fourth-order valence-electron chi connectivity index (χ4n) is 4.07. The fourth-order valence-corrected chi connectivity index (χ4v) is 4.07. The molecule has 0 aromatic carbocycles. The van der Waals surface area contributed by atoms with Gasteiger partial charge in [-0.05, 0) is 38.5 Å². The van der Waals surface area contributed by atoms with Gasteiger partial charge in [0.2, 0.25) is 0 Å². The lowest BCUT2D eigenvalue weighted by Gasteiger charge is -2.39. The van der Waals surface area contributed by atoms with Crippen molar-refractivity contribution >= 4 is 6.03 Å². The highest BCUT2D eigenvalue weighted by molar-refractivity contribution is 5.75. The standard InChI is InChI=1S/C15H26N2O3/c18-11-13-4-3-8-17(13)14(19)16-12-5-9-20-15(10-12)6-1-2-7-15/h12-13,18H,1-11H2,(H,16,19)/t12-,13-/m1/s1. The topological polar surface area (TPSA) is 61.8 Å². The molecule has 0 aromatic rings. The van der Waals surface area contributed by atoms with E-state index in [1.54, 1.807) is 4.90 Å². The van der Waals surface area contributed by atoms with Crippen LogP contribution in [-0.4, -0.2) is 53.5 Å². The van der Waals surface area contributed by atoms with Gasteiger partial charge in [0, 0.05) is 19.2 Å². The van der Waals surface area contributed by atoms with Crippen molar-refractivity contribution in [2.24, 2.45) is 0 Å². The summed E-state index contributed by atoms with van der Waals surface area (Å²) >= 11 is 0. The molecule has 2 heterocycles. The van der Waals surface area contributed by atoms with Gasteiger partial charge in [-0.15, -0.1) is 0 Å². The molecule has 114 valence electrons. The number of hydrogen-bond donors (Lipinski definition) is 2. The molecule has 20 heavy (non-hydrogen) atoms. The van der Waals surface area contributed by atoms with Crippen molar-refractivity contribution in [2.75, 3.05) is 19.8 Å². The van der Waals surface area contributed by atoms with Crippen molar-refractivity contribution in [2.45, 2.75) is 69.1 Å². The minimum absolute atomic E-state index is 0.00148. The van der Waals surface area contributed by atoms with Gasteiger partial charge in [0.1, 0.15) is 0 Å². The molecule has 0 aromatic heterocycles. The van der Waals surface area contributed by atoms with Crippen LogP contribution in [-0.2, 0) is 4.74 Å². The van der Waals surface area contributed by atoms with Crippen LogP contribution in [0, 0.1) is 0 Å². The van der Waals surface area contributed by atoms with E-state index < -0.39 is 0 Å². The number of rotatable bonds is 2. The van der Waals surface area contributed by atoms with E-state index >= 15 is 0 Å². The third-order valence-electron chi connectivity index (χ3n) is 5.18. The van der Waals surface area contributed by atoms with Crippen molar-refractivity contribution in [1.82, 2.24) is 10.2 Å². The maximum absolute atomic E-state index is 12.3. The molecule has 0 radical (unpaired) electrons. The molecule has 0 bridgehead atoms. The first-order valence-electron chi connectivity index (χ1n) is 8.04. The van der Waals surface area contributed by atoms with Gasteiger partial charge < -0.3 is 20.1 Å². The van der Waals surface area contributed by atoms with E-state index in [2.05, 4.69) is 5.32 Å². The van der Waals surface area contributed by atoms with E-state index in [-0.39, 0.29) is 30.3 Å². The van der Waals surface area contributed by atoms with Gasteiger partial charge in [-0.25, -0.2) is 4.79 Å². The molecule has 5 heteroatoms. The molecular formula is C15H26N2O3. The molecule has 2 saturated heterocycles. The first-order chi connectivity index (χ1) is 9.72. The summed E-state index contributed by atoms with van der Waals surface area (Å²) in [5, 5.41) is 12.5. The molecule has 1 aliphatic carbocycles. The zero-order chi connectivity index (χ0) is 14.0. The average molecular weight is 282 g/mol. The molecule has 2 N–H and O–H groups in total. The molecule has 3 aliphatic rings. The van der Waals surface area contributed by atoms with Gasteiger partial charge in [0.25, 0.3) is 0 Å². The Bertz CT molecular complexity index is 355. The Labute approximate surface area is 120 Å². The van der Waals surface area contributed by atoms with Crippen molar-refractivity contribution in [3.8, 4) is 0 Å². The maximum Gasteiger partial charge on any atom is 0.317 e. The second-order valence-electron chi connectivity index (χ2n) is 6.55. The quantitative estimate of drug-likeness (QED) is 0.809. The van der Waals surface area contributed by atoms with Crippen LogP contribution < -0.4 is 5.32 Å². The van der Waals surface area contributed by atoms with Crippen molar-refractivity contribution in [3.63, 3.8) is 0 Å². The number of nitrogens with zero attached hydrogens (tertiary/aromatic N) is 1. The molecule has 2 atom stereocenters. The summed E-state index contributed by atoms with van der Waals surface area (Å²) in [6, 6.07) is 0.242. The largest absolute Gasteiger partial charge is 0.394 e. The number of hydrogen-bond acceptors (Lipinski definition) is 3. The van der Waals surface area contributed by atoms with Crippen LogP contribution >= 0.6 is 0 Å². The molecule has 0 unspecified atom stereocenters. The summed E-state index contributed by atoms with van der Waals surface area (Å²) in [5.74, 6) is 0. The van der Waals surface area contributed by atoms with E-state index in [4.69, 9.17) is 4.74 Å². The number of aliphatic hydroxyl groups is 1. The lowest BCUT2D eigenvalue weighted by molar-refractivity contribution is -0.0824. The minimum atomic E-state index is 0.00148. The Kier molecular flexibility index (Phi) is 4.17. The second kappa shape index (κ2) is 5.90. The van der Waals surface area contributed by atoms with Gasteiger partial charge >= 0.3 is 6.03 Å². The highest BCUT2D eigenvalue weighted by Gasteiger charge is 2.41. The van der Waals surface area contributed by atoms with E-state index in [1.807, 2.05) is 0 Å². The summed E-state index contributed by atoms with van der Waals surface area (Å²) in [7, 11) is 0.